The number of hydrogen-bond donors (Lipinski definition) is 2. The van der Waals surface area contributed by atoms with E-state index in [4.69, 9.17) is 0 Å². The molecule has 3 rings (SSSR count). The van der Waals surface area contributed by atoms with Crippen LogP contribution in [0, 0.1) is 5.92 Å². The predicted molar refractivity (Wildman–Crippen MR) is 64.4 cm³/mol. The molecule has 3 atom stereocenters. The summed E-state index contributed by atoms with van der Waals surface area (Å²) < 4.78 is 0. The minimum Gasteiger partial charge on any atom is -0.390 e. The van der Waals surface area contributed by atoms with Gasteiger partial charge >= 0.3 is 0 Å². The van der Waals surface area contributed by atoms with Crippen LogP contribution in [0.1, 0.15) is 38.5 Å². The lowest BCUT2D eigenvalue weighted by molar-refractivity contribution is -0.101. The van der Waals surface area contributed by atoms with Crippen LogP contribution in [0.5, 0.6) is 0 Å². The standard InChI is InChI=1S/C13H24N2O/c16-13-5-2-1-3-11(13)10-15(8-6-13)12-4-7-14-9-12/h11-12,14,16H,1-10H2. The van der Waals surface area contributed by atoms with Gasteiger partial charge < -0.3 is 10.4 Å². The fraction of sp³-hybridized carbons (Fsp3) is 1.00. The van der Waals surface area contributed by atoms with E-state index in [-0.39, 0.29) is 5.60 Å². The Morgan fingerprint density at radius 1 is 1.19 bits per heavy atom. The average Bonchev–Trinajstić information content (AvgIpc) is 2.81. The van der Waals surface area contributed by atoms with E-state index in [1.807, 2.05) is 0 Å². The van der Waals surface area contributed by atoms with E-state index in [2.05, 4.69) is 10.2 Å². The van der Waals surface area contributed by atoms with Gasteiger partial charge in [0.2, 0.25) is 0 Å². The van der Waals surface area contributed by atoms with Crippen molar-refractivity contribution < 1.29 is 5.11 Å². The van der Waals surface area contributed by atoms with E-state index in [0.717, 1.165) is 38.5 Å². The van der Waals surface area contributed by atoms with Crippen molar-refractivity contribution in [1.29, 1.82) is 0 Å². The highest BCUT2D eigenvalue weighted by Crippen LogP contribution is 2.40. The first-order valence-electron chi connectivity index (χ1n) is 6.95. The van der Waals surface area contributed by atoms with Crippen LogP contribution in [0.25, 0.3) is 0 Å². The Bertz CT molecular complexity index is 252. The average molecular weight is 224 g/mol. The van der Waals surface area contributed by atoms with Gasteiger partial charge in [-0.2, -0.15) is 0 Å². The summed E-state index contributed by atoms with van der Waals surface area (Å²) in [6.45, 7) is 4.59. The van der Waals surface area contributed by atoms with Gasteiger partial charge in [0.15, 0.2) is 0 Å². The zero-order chi connectivity index (χ0) is 11.0. The number of aliphatic hydroxyl groups is 1. The van der Waals surface area contributed by atoms with Gasteiger partial charge in [-0.3, -0.25) is 4.90 Å². The SMILES string of the molecule is OC12CCCCC1CN(C1CCNC1)CC2. The third-order valence-electron chi connectivity index (χ3n) is 5.01. The molecule has 3 nitrogen and oxygen atoms in total. The number of hydrogen-bond acceptors (Lipinski definition) is 3. The van der Waals surface area contributed by atoms with E-state index in [1.165, 1.54) is 32.2 Å². The van der Waals surface area contributed by atoms with Crippen molar-refractivity contribution in [2.45, 2.75) is 50.2 Å². The number of rotatable bonds is 1. The Labute approximate surface area is 98.2 Å². The number of nitrogens with zero attached hydrogens (tertiary/aromatic N) is 1. The van der Waals surface area contributed by atoms with Gasteiger partial charge in [0.25, 0.3) is 0 Å². The summed E-state index contributed by atoms with van der Waals surface area (Å²) in [5.41, 5.74) is -0.305. The van der Waals surface area contributed by atoms with Gasteiger partial charge in [-0.25, -0.2) is 0 Å². The topological polar surface area (TPSA) is 35.5 Å². The molecule has 1 saturated carbocycles. The lowest BCUT2D eigenvalue weighted by Gasteiger charge is -2.48. The first-order valence-corrected chi connectivity index (χ1v) is 6.95. The number of piperidine rings is 1. The van der Waals surface area contributed by atoms with E-state index in [1.54, 1.807) is 0 Å². The molecule has 2 heterocycles. The van der Waals surface area contributed by atoms with Gasteiger partial charge in [-0.15, -0.1) is 0 Å². The Morgan fingerprint density at radius 2 is 2.12 bits per heavy atom. The molecule has 1 aliphatic carbocycles. The Hall–Kier alpha value is -0.120. The molecule has 0 aromatic rings. The molecule has 0 aromatic heterocycles. The first-order chi connectivity index (χ1) is 7.78. The highest BCUT2D eigenvalue weighted by atomic mass is 16.3. The maximum absolute atomic E-state index is 10.6. The van der Waals surface area contributed by atoms with Gasteiger partial charge in [0.05, 0.1) is 5.60 Å². The van der Waals surface area contributed by atoms with Crippen molar-refractivity contribution in [2.75, 3.05) is 26.2 Å². The maximum Gasteiger partial charge on any atom is 0.0700 e. The molecule has 3 aliphatic rings. The summed E-state index contributed by atoms with van der Waals surface area (Å²) in [6, 6.07) is 0.742. The predicted octanol–water partition coefficient (Wildman–Crippen LogP) is 0.975. The summed E-state index contributed by atoms with van der Waals surface area (Å²) in [5.74, 6) is 0.551. The van der Waals surface area contributed by atoms with Crippen LogP contribution < -0.4 is 5.32 Å². The molecule has 92 valence electrons. The van der Waals surface area contributed by atoms with Crippen LogP contribution in [0.2, 0.25) is 0 Å². The number of nitrogens with one attached hydrogen (secondary N) is 1. The van der Waals surface area contributed by atoms with Crippen LogP contribution in [0.15, 0.2) is 0 Å². The summed E-state index contributed by atoms with van der Waals surface area (Å²) in [4.78, 5) is 2.63. The van der Waals surface area contributed by atoms with E-state index < -0.39 is 0 Å². The molecule has 2 N–H and O–H groups in total. The lowest BCUT2D eigenvalue weighted by Crippen LogP contribution is -2.55. The summed E-state index contributed by atoms with van der Waals surface area (Å²) in [7, 11) is 0. The zero-order valence-corrected chi connectivity index (χ0v) is 10.1. The highest BCUT2D eigenvalue weighted by molar-refractivity contribution is 4.97. The molecule has 2 saturated heterocycles. The second-order valence-electron chi connectivity index (χ2n) is 5.94. The molecular formula is C13H24N2O. The zero-order valence-electron chi connectivity index (χ0n) is 10.1. The fourth-order valence-corrected chi connectivity index (χ4v) is 3.88. The number of fused-ring (bicyclic) bond motifs is 1. The molecule has 0 spiro atoms. The minimum absolute atomic E-state index is 0.305. The summed E-state index contributed by atoms with van der Waals surface area (Å²) in [5, 5.41) is 14.1. The fourth-order valence-electron chi connectivity index (χ4n) is 3.88. The van der Waals surface area contributed by atoms with Gasteiger partial charge in [-0.05, 0) is 32.2 Å². The van der Waals surface area contributed by atoms with E-state index in [9.17, 15) is 5.11 Å². The van der Waals surface area contributed by atoms with Crippen LogP contribution >= 0.6 is 0 Å². The molecule has 3 unspecified atom stereocenters. The van der Waals surface area contributed by atoms with Crippen molar-refractivity contribution in [3.05, 3.63) is 0 Å². The minimum atomic E-state index is -0.305. The van der Waals surface area contributed by atoms with Crippen LogP contribution in [0.4, 0.5) is 0 Å². The summed E-state index contributed by atoms with van der Waals surface area (Å²) >= 11 is 0. The number of likely N-dealkylation sites (tertiary alicyclic amines) is 1. The summed E-state index contributed by atoms with van der Waals surface area (Å²) in [6.07, 6.45) is 7.16. The molecule has 0 aromatic carbocycles. The maximum atomic E-state index is 10.6. The van der Waals surface area contributed by atoms with Gasteiger partial charge in [-0.1, -0.05) is 12.8 Å². The first kappa shape index (κ1) is 11.0. The molecule has 3 heteroatoms. The lowest BCUT2D eigenvalue weighted by atomic mass is 9.71. The van der Waals surface area contributed by atoms with Crippen molar-refractivity contribution >= 4 is 0 Å². The Balaban J connectivity index is 1.65. The smallest absolute Gasteiger partial charge is 0.0700 e. The third-order valence-corrected chi connectivity index (χ3v) is 5.01. The van der Waals surface area contributed by atoms with Crippen LogP contribution in [-0.4, -0.2) is 47.8 Å². The van der Waals surface area contributed by atoms with E-state index in [0.29, 0.717) is 5.92 Å². The molecule has 0 amide bonds. The molecule has 2 aliphatic heterocycles. The van der Waals surface area contributed by atoms with Crippen molar-refractivity contribution in [2.24, 2.45) is 5.92 Å². The quantitative estimate of drug-likeness (QED) is 0.697. The van der Waals surface area contributed by atoms with Crippen molar-refractivity contribution in [3.63, 3.8) is 0 Å². The Kier molecular flexibility index (Phi) is 2.94. The molecule has 0 radical (unpaired) electrons. The molecule has 0 bridgehead atoms. The molecule has 16 heavy (non-hydrogen) atoms. The third kappa shape index (κ3) is 1.89. The Morgan fingerprint density at radius 3 is 2.94 bits per heavy atom. The van der Waals surface area contributed by atoms with Crippen LogP contribution in [-0.2, 0) is 0 Å². The molecular weight excluding hydrogens is 200 g/mol. The van der Waals surface area contributed by atoms with Crippen molar-refractivity contribution in [3.8, 4) is 0 Å². The largest absolute Gasteiger partial charge is 0.390 e. The monoisotopic (exact) mass is 224 g/mol. The highest BCUT2D eigenvalue weighted by Gasteiger charge is 2.44. The van der Waals surface area contributed by atoms with Crippen molar-refractivity contribution in [1.82, 2.24) is 10.2 Å². The van der Waals surface area contributed by atoms with Gasteiger partial charge in [0.1, 0.15) is 0 Å². The molecule has 3 fully saturated rings. The second-order valence-corrected chi connectivity index (χ2v) is 5.94. The second kappa shape index (κ2) is 4.28. The van der Waals surface area contributed by atoms with E-state index >= 15 is 0 Å². The van der Waals surface area contributed by atoms with Crippen LogP contribution in [0.3, 0.4) is 0 Å². The van der Waals surface area contributed by atoms with Gasteiger partial charge in [0, 0.05) is 31.6 Å². The normalized spacial score (nSPS) is 45.6.